The van der Waals surface area contributed by atoms with E-state index in [0.717, 1.165) is 17.7 Å². The molecule has 0 atom stereocenters. The fourth-order valence-electron chi connectivity index (χ4n) is 1.68. The fourth-order valence-corrected chi connectivity index (χ4v) is 2.56. The summed E-state index contributed by atoms with van der Waals surface area (Å²) in [6.07, 6.45) is 0. The Bertz CT molecular complexity index is 472. The van der Waals surface area contributed by atoms with Gasteiger partial charge in [0.2, 0.25) is 0 Å². The molecule has 0 spiro atoms. The highest BCUT2D eigenvalue weighted by molar-refractivity contribution is 7.91. The summed E-state index contributed by atoms with van der Waals surface area (Å²) in [6, 6.07) is 8.06. The number of hydrogen-bond acceptors (Lipinski definition) is 4. The molecule has 0 aliphatic rings. The molecule has 0 saturated carbocycles. The van der Waals surface area contributed by atoms with Gasteiger partial charge in [0.25, 0.3) is 0 Å². The summed E-state index contributed by atoms with van der Waals surface area (Å²) in [5.74, 6) is 0.431. The second-order valence-corrected chi connectivity index (χ2v) is 6.97. The quantitative estimate of drug-likeness (QED) is 0.803. The van der Waals surface area contributed by atoms with E-state index in [1.165, 1.54) is 0 Å². The van der Waals surface area contributed by atoms with E-state index < -0.39 is 9.84 Å². The molecule has 1 rings (SSSR count). The lowest BCUT2D eigenvalue weighted by Gasteiger charge is -2.16. The smallest absolute Gasteiger partial charge is 0.151 e. The molecule has 1 aromatic rings. The van der Waals surface area contributed by atoms with Crippen LogP contribution in [-0.2, 0) is 22.9 Å². The van der Waals surface area contributed by atoms with Crippen LogP contribution in [0.15, 0.2) is 24.3 Å². The van der Waals surface area contributed by atoms with Crippen molar-refractivity contribution < 1.29 is 8.42 Å². The molecule has 4 nitrogen and oxygen atoms in total. The molecule has 18 heavy (non-hydrogen) atoms. The Hall–Kier alpha value is -0.910. The first-order chi connectivity index (χ1) is 8.46. The molecule has 0 bridgehead atoms. The van der Waals surface area contributed by atoms with Crippen molar-refractivity contribution in [2.45, 2.75) is 20.0 Å². The second kappa shape index (κ2) is 6.87. The average molecular weight is 270 g/mol. The third kappa shape index (κ3) is 5.16. The van der Waals surface area contributed by atoms with E-state index in [9.17, 15) is 8.42 Å². The predicted molar refractivity (Wildman–Crippen MR) is 75.0 cm³/mol. The highest BCUT2D eigenvalue weighted by atomic mass is 32.2. The molecule has 5 heteroatoms. The molecular formula is C13H22N2O2S. The molecule has 102 valence electrons. The lowest BCUT2D eigenvalue weighted by Crippen LogP contribution is -2.26. The lowest BCUT2D eigenvalue weighted by molar-refractivity contribution is 0.346. The highest BCUT2D eigenvalue weighted by Gasteiger charge is 2.09. The first-order valence-electron chi connectivity index (χ1n) is 6.13. The molecule has 0 amide bonds. The van der Waals surface area contributed by atoms with Gasteiger partial charge >= 0.3 is 0 Å². The van der Waals surface area contributed by atoms with Gasteiger partial charge in [0.05, 0.1) is 5.75 Å². The normalized spacial score (nSPS) is 12.0. The minimum atomic E-state index is -2.88. The summed E-state index contributed by atoms with van der Waals surface area (Å²) < 4.78 is 22.8. The monoisotopic (exact) mass is 270 g/mol. The molecule has 0 aliphatic heterocycles. The van der Waals surface area contributed by atoms with Crippen LogP contribution >= 0.6 is 0 Å². The van der Waals surface area contributed by atoms with Crippen LogP contribution in [0, 0.1) is 0 Å². The van der Waals surface area contributed by atoms with E-state index in [1.807, 2.05) is 30.1 Å². The topological polar surface area (TPSA) is 63.4 Å². The van der Waals surface area contributed by atoms with Crippen molar-refractivity contribution in [1.82, 2.24) is 4.90 Å². The number of nitrogens with two attached hydrogens (primary N) is 1. The molecule has 2 N–H and O–H groups in total. The molecule has 0 heterocycles. The van der Waals surface area contributed by atoms with Crippen LogP contribution in [0.1, 0.15) is 18.1 Å². The zero-order chi connectivity index (χ0) is 13.6. The minimum absolute atomic E-state index is 0.212. The first-order valence-corrected chi connectivity index (χ1v) is 7.96. The van der Waals surface area contributed by atoms with Gasteiger partial charge in [-0.15, -0.1) is 0 Å². The molecule has 0 saturated heterocycles. The van der Waals surface area contributed by atoms with Gasteiger partial charge in [-0.1, -0.05) is 31.2 Å². The van der Waals surface area contributed by atoms with Crippen molar-refractivity contribution in [2.75, 3.05) is 25.1 Å². The lowest BCUT2D eigenvalue weighted by atomic mass is 10.1. The predicted octanol–water partition coefficient (Wildman–Crippen LogP) is 1.01. The van der Waals surface area contributed by atoms with Gasteiger partial charge in [-0.3, -0.25) is 0 Å². The van der Waals surface area contributed by atoms with E-state index in [0.29, 0.717) is 13.1 Å². The summed E-state index contributed by atoms with van der Waals surface area (Å²) in [7, 11) is -0.950. The maximum Gasteiger partial charge on any atom is 0.151 e. The molecule has 0 fully saturated rings. The number of hydrogen-bond donors (Lipinski definition) is 1. The largest absolute Gasteiger partial charge is 0.326 e. The fraction of sp³-hybridized carbons (Fsp3) is 0.538. The van der Waals surface area contributed by atoms with E-state index in [2.05, 4.69) is 6.07 Å². The summed E-state index contributed by atoms with van der Waals surface area (Å²) >= 11 is 0. The van der Waals surface area contributed by atoms with Crippen molar-refractivity contribution >= 4 is 9.84 Å². The third-order valence-electron chi connectivity index (χ3n) is 2.90. The van der Waals surface area contributed by atoms with Crippen molar-refractivity contribution in [1.29, 1.82) is 0 Å². The zero-order valence-corrected chi connectivity index (χ0v) is 11.9. The average Bonchev–Trinajstić information content (AvgIpc) is 2.37. The summed E-state index contributed by atoms with van der Waals surface area (Å²) in [5.41, 5.74) is 7.85. The Balaban J connectivity index is 2.51. The molecule has 0 unspecified atom stereocenters. The van der Waals surface area contributed by atoms with Gasteiger partial charge in [-0.25, -0.2) is 8.42 Å². The van der Waals surface area contributed by atoms with Crippen LogP contribution in [0.3, 0.4) is 0 Å². The summed E-state index contributed by atoms with van der Waals surface area (Å²) in [6.45, 7) is 3.51. The van der Waals surface area contributed by atoms with Gasteiger partial charge in [-0.2, -0.15) is 0 Å². The van der Waals surface area contributed by atoms with Crippen molar-refractivity contribution in [3.63, 3.8) is 0 Å². The van der Waals surface area contributed by atoms with Crippen LogP contribution in [0.25, 0.3) is 0 Å². The number of sulfone groups is 1. The molecule has 0 aliphatic carbocycles. The first kappa shape index (κ1) is 15.1. The van der Waals surface area contributed by atoms with Gasteiger partial charge < -0.3 is 10.6 Å². The van der Waals surface area contributed by atoms with Crippen LogP contribution < -0.4 is 5.73 Å². The Kier molecular flexibility index (Phi) is 5.78. The number of benzene rings is 1. The highest BCUT2D eigenvalue weighted by Crippen LogP contribution is 2.07. The molecular weight excluding hydrogens is 248 g/mol. The van der Waals surface area contributed by atoms with E-state index in [-0.39, 0.29) is 11.5 Å². The van der Waals surface area contributed by atoms with E-state index in [1.54, 1.807) is 6.92 Å². The standard InChI is InChI=1S/C13H22N2O2S/c1-3-18(16,17)8-7-15(2)11-13-6-4-5-12(9-13)10-14/h4-6,9H,3,7-8,10-11,14H2,1-2H3. The van der Waals surface area contributed by atoms with Crippen LogP contribution in [0.4, 0.5) is 0 Å². The van der Waals surface area contributed by atoms with Crippen LogP contribution in [0.2, 0.25) is 0 Å². The second-order valence-electron chi connectivity index (χ2n) is 4.50. The number of rotatable bonds is 7. The van der Waals surface area contributed by atoms with Crippen molar-refractivity contribution in [3.05, 3.63) is 35.4 Å². The van der Waals surface area contributed by atoms with Crippen molar-refractivity contribution in [3.8, 4) is 0 Å². The SMILES string of the molecule is CCS(=O)(=O)CCN(C)Cc1cccc(CN)c1. The number of nitrogens with zero attached hydrogens (tertiary/aromatic N) is 1. The summed E-state index contributed by atoms with van der Waals surface area (Å²) in [4.78, 5) is 2.02. The van der Waals surface area contributed by atoms with Gasteiger partial charge in [0.15, 0.2) is 9.84 Å². The third-order valence-corrected chi connectivity index (χ3v) is 4.59. The molecule has 0 aromatic heterocycles. The van der Waals surface area contributed by atoms with Crippen LogP contribution in [-0.4, -0.2) is 38.4 Å². The maximum atomic E-state index is 11.4. The minimum Gasteiger partial charge on any atom is -0.326 e. The van der Waals surface area contributed by atoms with Gasteiger partial charge in [0.1, 0.15) is 0 Å². The van der Waals surface area contributed by atoms with Gasteiger partial charge in [0, 0.05) is 25.4 Å². The van der Waals surface area contributed by atoms with E-state index >= 15 is 0 Å². The van der Waals surface area contributed by atoms with Crippen molar-refractivity contribution in [2.24, 2.45) is 5.73 Å². The van der Waals surface area contributed by atoms with Gasteiger partial charge in [-0.05, 0) is 18.2 Å². The Morgan fingerprint density at radius 2 is 1.94 bits per heavy atom. The van der Waals surface area contributed by atoms with E-state index in [4.69, 9.17) is 5.73 Å². The zero-order valence-electron chi connectivity index (χ0n) is 11.1. The maximum absolute atomic E-state index is 11.4. The summed E-state index contributed by atoms with van der Waals surface area (Å²) in [5, 5.41) is 0. The molecule has 1 aromatic carbocycles. The Morgan fingerprint density at radius 3 is 2.56 bits per heavy atom. The van der Waals surface area contributed by atoms with Crippen LogP contribution in [0.5, 0.6) is 0 Å². The molecule has 0 radical (unpaired) electrons. The Morgan fingerprint density at radius 1 is 1.28 bits per heavy atom. The Labute approximate surface area is 110 Å².